The fourth-order valence-electron chi connectivity index (χ4n) is 5.31. The van der Waals surface area contributed by atoms with Crippen LogP contribution in [0.3, 0.4) is 0 Å². The molecule has 0 bridgehead atoms. The van der Waals surface area contributed by atoms with Crippen LogP contribution in [0.25, 0.3) is 22.4 Å². The Bertz CT molecular complexity index is 1180. The molecule has 1 heterocycles. The van der Waals surface area contributed by atoms with Crippen LogP contribution in [-0.2, 0) is 29.3 Å². The topological polar surface area (TPSA) is 35.1 Å². The van der Waals surface area contributed by atoms with Gasteiger partial charge in [-0.1, -0.05) is 45.4 Å². The van der Waals surface area contributed by atoms with Gasteiger partial charge in [-0.15, -0.1) is 0 Å². The van der Waals surface area contributed by atoms with Gasteiger partial charge in [0, 0.05) is 0 Å². The number of nitrogens with zero attached hydrogens (tertiary/aromatic N) is 2. The number of imidazole rings is 1. The molecule has 182 valence electrons. The number of alkyl halides is 3. The number of halogens is 3. The van der Waals surface area contributed by atoms with Crippen molar-refractivity contribution in [1.82, 2.24) is 4.57 Å². The van der Waals surface area contributed by atoms with Gasteiger partial charge in [-0.2, -0.15) is 13.2 Å². The molecular weight excluding hydrogens is 441 g/mol. The number of carbonyl (C=O) groups is 1. The molecular formula is C27H32F3N2O2+. The summed E-state index contributed by atoms with van der Waals surface area (Å²) in [5, 5.41) is 0. The van der Waals surface area contributed by atoms with Gasteiger partial charge in [0.2, 0.25) is 0 Å². The number of aryl methyl sites for hydroxylation is 1. The van der Waals surface area contributed by atoms with Crippen molar-refractivity contribution in [3.8, 4) is 11.4 Å². The van der Waals surface area contributed by atoms with Gasteiger partial charge in [-0.25, -0.2) is 13.9 Å². The molecule has 0 amide bonds. The SMILES string of the molecule is CC(C)C1CC[C@@H](C)C[C@H]1OC(=O)Cn1c(-c2cccc(C(F)(F)F)c2)[n+](C)c2ccccc21. The van der Waals surface area contributed by atoms with E-state index in [-0.39, 0.29) is 18.6 Å². The van der Waals surface area contributed by atoms with E-state index in [1.165, 1.54) is 6.07 Å². The minimum absolute atomic E-state index is 0.0668. The van der Waals surface area contributed by atoms with Crippen molar-refractivity contribution in [2.75, 3.05) is 0 Å². The van der Waals surface area contributed by atoms with E-state index in [0.29, 0.717) is 29.1 Å². The zero-order chi connectivity index (χ0) is 24.6. The Morgan fingerprint density at radius 2 is 1.88 bits per heavy atom. The number of para-hydroxylation sites is 2. The maximum absolute atomic E-state index is 13.4. The summed E-state index contributed by atoms with van der Waals surface area (Å²) in [4.78, 5) is 13.2. The zero-order valence-electron chi connectivity index (χ0n) is 20.1. The Morgan fingerprint density at radius 3 is 2.59 bits per heavy atom. The summed E-state index contributed by atoms with van der Waals surface area (Å²) in [5.74, 6) is 1.40. The van der Waals surface area contributed by atoms with Crippen molar-refractivity contribution in [3.63, 3.8) is 0 Å². The maximum Gasteiger partial charge on any atom is 0.416 e. The van der Waals surface area contributed by atoms with Crippen LogP contribution in [0.4, 0.5) is 13.2 Å². The number of aromatic nitrogens is 2. The number of fused-ring (bicyclic) bond motifs is 1. The highest BCUT2D eigenvalue weighted by Gasteiger charge is 2.35. The molecule has 0 aliphatic heterocycles. The first-order valence-corrected chi connectivity index (χ1v) is 11.9. The Hall–Kier alpha value is -2.83. The minimum Gasteiger partial charge on any atom is -0.459 e. The molecule has 1 saturated carbocycles. The van der Waals surface area contributed by atoms with Gasteiger partial charge >= 0.3 is 12.1 Å². The number of ether oxygens (including phenoxy) is 1. The molecule has 1 unspecified atom stereocenters. The maximum atomic E-state index is 13.4. The fraction of sp³-hybridized carbons (Fsp3) is 0.481. The predicted octanol–water partition coefficient (Wildman–Crippen LogP) is 6.16. The monoisotopic (exact) mass is 473 g/mol. The summed E-state index contributed by atoms with van der Waals surface area (Å²) in [6.07, 6.45) is -1.57. The molecule has 1 aliphatic rings. The van der Waals surface area contributed by atoms with Gasteiger partial charge in [-0.05, 0) is 60.9 Å². The average Bonchev–Trinajstić information content (AvgIpc) is 3.04. The van der Waals surface area contributed by atoms with Crippen molar-refractivity contribution < 1.29 is 27.3 Å². The van der Waals surface area contributed by atoms with Crippen LogP contribution in [0.15, 0.2) is 48.5 Å². The van der Waals surface area contributed by atoms with Gasteiger partial charge in [0.15, 0.2) is 17.6 Å². The minimum atomic E-state index is -4.45. The van der Waals surface area contributed by atoms with Crippen molar-refractivity contribution in [1.29, 1.82) is 0 Å². The van der Waals surface area contributed by atoms with E-state index < -0.39 is 11.7 Å². The van der Waals surface area contributed by atoms with E-state index in [9.17, 15) is 18.0 Å². The lowest BCUT2D eigenvalue weighted by molar-refractivity contribution is -0.634. The van der Waals surface area contributed by atoms with Gasteiger partial charge in [-0.3, -0.25) is 0 Å². The van der Waals surface area contributed by atoms with Crippen molar-refractivity contribution >= 4 is 17.0 Å². The normalized spacial score (nSPS) is 21.2. The largest absolute Gasteiger partial charge is 0.459 e. The Morgan fingerprint density at radius 1 is 1.15 bits per heavy atom. The van der Waals surface area contributed by atoms with E-state index in [1.54, 1.807) is 17.7 Å². The Balaban J connectivity index is 1.71. The molecule has 0 saturated heterocycles. The second kappa shape index (κ2) is 9.43. The molecule has 0 radical (unpaired) electrons. The number of carbonyl (C=O) groups excluding carboxylic acids is 1. The highest BCUT2D eigenvalue weighted by Crippen LogP contribution is 2.36. The lowest BCUT2D eigenvalue weighted by Gasteiger charge is -2.36. The Labute approximate surface area is 198 Å². The van der Waals surface area contributed by atoms with Gasteiger partial charge in [0.05, 0.1) is 18.2 Å². The van der Waals surface area contributed by atoms with E-state index in [2.05, 4.69) is 20.8 Å². The molecule has 1 aliphatic carbocycles. The number of hydrogen-bond acceptors (Lipinski definition) is 2. The van der Waals surface area contributed by atoms with Crippen LogP contribution in [-0.4, -0.2) is 16.6 Å². The van der Waals surface area contributed by atoms with Crippen LogP contribution in [0, 0.1) is 17.8 Å². The van der Waals surface area contributed by atoms with Crippen LogP contribution in [0.2, 0.25) is 0 Å². The van der Waals surface area contributed by atoms with Crippen molar-refractivity contribution in [3.05, 3.63) is 54.1 Å². The second-order valence-electron chi connectivity index (χ2n) is 9.89. The smallest absolute Gasteiger partial charge is 0.416 e. The van der Waals surface area contributed by atoms with E-state index >= 15 is 0 Å². The molecule has 4 nitrogen and oxygen atoms in total. The third-order valence-electron chi connectivity index (χ3n) is 7.09. The fourth-order valence-corrected chi connectivity index (χ4v) is 5.31. The van der Waals surface area contributed by atoms with E-state index in [4.69, 9.17) is 4.74 Å². The molecule has 3 atom stereocenters. The van der Waals surface area contributed by atoms with Gasteiger partial charge in [0.25, 0.3) is 5.82 Å². The van der Waals surface area contributed by atoms with Crippen molar-refractivity contribution in [2.24, 2.45) is 24.8 Å². The molecule has 1 aromatic heterocycles. The summed E-state index contributed by atoms with van der Waals surface area (Å²) in [5.41, 5.74) is 1.27. The third kappa shape index (κ3) is 4.84. The summed E-state index contributed by atoms with van der Waals surface area (Å²) < 4.78 is 49.8. The quantitative estimate of drug-likeness (QED) is 0.329. The molecule has 0 N–H and O–H groups in total. The molecule has 7 heteroatoms. The standard InChI is InChI=1S/C27H32F3N2O2/c1-17(2)21-13-12-18(3)14-24(21)34-25(33)16-32-23-11-6-5-10-22(23)31(4)26(32)19-8-7-9-20(15-19)27(28,29)30/h5-11,15,17-18,21,24H,12-14,16H2,1-4H3/q+1/t18-,21?,24-/m1/s1. The van der Waals surface area contributed by atoms with Crippen LogP contribution in [0.1, 0.15) is 45.6 Å². The van der Waals surface area contributed by atoms with Crippen LogP contribution in [0.5, 0.6) is 0 Å². The number of hydrogen-bond donors (Lipinski definition) is 0. The average molecular weight is 474 g/mol. The first kappa shape index (κ1) is 24.3. The molecule has 4 rings (SSSR count). The first-order valence-electron chi connectivity index (χ1n) is 11.9. The zero-order valence-corrected chi connectivity index (χ0v) is 20.1. The van der Waals surface area contributed by atoms with Crippen LogP contribution >= 0.6 is 0 Å². The molecule has 1 fully saturated rings. The molecule has 34 heavy (non-hydrogen) atoms. The van der Waals surface area contributed by atoms with Gasteiger partial charge < -0.3 is 4.74 Å². The third-order valence-corrected chi connectivity index (χ3v) is 7.09. The summed E-state index contributed by atoms with van der Waals surface area (Å²) in [6.45, 7) is 6.44. The van der Waals surface area contributed by atoms with E-state index in [0.717, 1.165) is 42.4 Å². The highest BCUT2D eigenvalue weighted by atomic mass is 19.4. The predicted molar refractivity (Wildman–Crippen MR) is 125 cm³/mol. The Kier molecular flexibility index (Phi) is 6.74. The lowest BCUT2D eigenvalue weighted by atomic mass is 9.75. The summed E-state index contributed by atoms with van der Waals surface area (Å²) >= 11 is 0. The lowest BCUT2D eigenvalue weighted by Crippen LogP contribution is -2.37. The number of benzene rings is 2. The second-order valence-corrected chi connectivity index (χ2v) is 9.89. The van der Waals surface area contributed by atoms with Crippen molar-refractivity contribution in [2.45, 2.75) is 58.9 Å². The number of rotatable bonds is 5. The number of esters is 1. The molecule has 0 spiro atoms. The van der Waals surface area contributed by atoms with Crippen LogP contribution < -0.4 is 4.57 Å². The molecule has 2 aromatic carbocycles. The highest BCUT2D eigenvalue weighted by molar-refractivity contribution is 5.79. The summed E-state index contributed by atoms with van der Waals surface area (Å²) in [7, 11) is 1.80. The summed E-state index contributed by atoms with van der Waals surface area (Å²) in [6, 6.07) is 12.7. The first-order chi connectivity index (χ1) is 16.1. The van der Waals surface area contributed by atoms with Gasteiger partial charge in [0.1, 0.15) is 6.10 Å². The van der Waals surface area contributed by atoms with E-state index in [1.807, 2.05) is 28.8 Å². The molecule has 3 aromatic rings.